The first-order valence-corrected chi connectivity index (χ1v) is 5.70. The van der Waals surface area contributed by atoms with Crippen LogP contribution in [0.4, 0.5) is 0 Å². The van der Waals surface area contributed by atoms with Gasteiger partial charge in [0.2, 0.25) is 5.56 Å². The Morgan fingerprint density at radius 2 is 2.17 bits per heavy atom. The Morgan fingerprint density at radius 1 is 1.44 bits per heavy atom. The Labute approximate surface area is 104 Å². The summed E-state index contributed by atoms with van der Waals surface area (Å²) in [6, 6.07) is 2.62. The fraction of sp³-hybridized carbons (Fsp3) is 0.417. The molecule has 1 atom stereocenters. The number of carboxylic acid groups (broad SMARTS) is 1. The van der Waals surface area contributed by atoms with E-state index in [9.17, 15) is 14.4 Å². The average molecular weight is 252 g/mol. The number of hydrogen-bond acceptors (Lipinski definition) is 3. The largest absolute Gasteiger partial charge is 0.481 e. The predicted octanol–water partition coefficient (Wildman–Crippen LogP) is 0.748. The molecule has 0 saturated heterocycles. The van der Waals surface area contributed by atoms with Gasteiger partial charge in [0.15, 0.2) is 0 Å². The van der Waals surface area contributed by atoms with Gasteiger partial charge in [-0.05, 0) is 25.8 Å². The van der Waals surface area contributed by atoms with Crippen LogP contribution in [0.2, 0.25) is 0 Å². The van der Waals surface area contributed by atoms with Crippen LogP contribution in [0.5, 0.6) is 0 Å². The minimum absolute atomic E-state index is 0.0961. The summed E-state index contributed by atoms with van der Waals surface area (Å²) >= 11 is 0. The highest BCUT2D eigenvalue weighted by Gasteiger charge is 2.10. The van der Waals surface area contributed by atoms with Gasteiger partial charge < -0.3 is 15.4 Å². The van der Waals surface area contributed by atoms with E-state index in [1.54, 1.807) is 0 Å². The minimum atomic E-state index is -0.839. The van der Waals surface area contributed by atoms with Gasteiger partial charge in [-0.1, -0.05) is 0 Å². The molecule has 0 aromatic carbocycles. The van der Waals surface area contributed by atoms with E-state index >= 15 is 0 Å². The fourth-order valence-electron chi connectivity index (χ4n) is 1.49. The van der Waals surface area contributed by atoms with Crippen molar-refractivity contribution >= 4 is 11.9 Å². The second kappa shape index (κ2) is 6.58. The summed E-state index contributed by atoms with van der Waals surface area (Å²) in [4.78, 5) is 35.3. The van der Waals surface area contributed by atoms with Crippen LogP contribution in [0.3, 0.4) is 0 Å². The molecule has 1 unspecified atom stereocenters. The van der Waals surface area contributed by atoms with Crippen LogP contribution in [0, 0.1) is 0 Å². The number of pyridine rings is 1. The van der Waals surface area contributed by atoms with Gasteiger partial charge in [0, 0.05) is 24.7 Å². The van der Waals surface area contributed by atoms with Crippen LogP contribution in [-0.4, -0.2) is 28.0 Å². The molecule has 6 nitrogen and oxygen atoms in total. The Hall–Kier alpha value is -2.11. The molecule has 0 fully saturated rings. The zero-order valence-corrected chi connectivity index (χ0v) is 10.1. The third-order valence-electron chi connectivity index (χ3n) is 2.45. The van der Waals surface area contributed by atoms with Crippen molar-refractivity contribution in [2.24, 2.45) is 0 Å². The molecule has 3 N–H and O–H groups in total. The molecule has 1 heterocycles. The number of carbonyl (C=O) groups is 2. The lowest BCUT2D eigenvalue weighted by molar-refractivity contribution is -0.137. The SMILES string of the molecule is CC(CCCC(=O)O)NC(=O)c1ccc(=O)[nH]c1. The molecule has 1 aromatic heterocycles. The lowest BCUT2D eigenvalue weighted by Crippen LogP contribution is -2.32. The number of aliphatic carboxylic acids is 1. The third kappa shape index (κ3) is 4.82. The highest BCUT2D eigenvalue weighted by Crippen LogP contribution is 2.02. The molecule has 1 rings (SSSR count). The molecule has 0 spiro atoms. The van der Waals surface area contributed by atoms with E-state index in [0.29, 0.717) is 18.4 Å². The number of hydrogen-bond donors (Lipinski definition) is 3. The smallest absolute Gasteiger partial charge is 0.303 e. The van der Waals surface area contributed by atoms with Crippen LogP contribution in [0.1, 0.15) is 36.5 Å². The maximum absolute atomic E-state index is 11.7. The molecular weight excluding hydrogens is 236 g/mol. The first-order valence-electron chi connectivity index (χ1n) is 5.70. The van der Waals surface area contributed by atoms with Gasteiger partial charge >= 0.3 is 5.97 Å². The van der Waals surface area contributed by atoms with Crippen molar-refractivity contribution in [1.29, 1.82) is 0 Å². The normalized spacial score (nSPS) is 11.8. The van der Waals surface area contributed by atoms with Crippen molar-refractivity contribution in [2.45, 2.75) is 32.2 Å². The summed E-state index contributed by atoms with van der Waals surface area (Å²) < 4.78 is 0. The summed E-state index contributed by atoms with van der Waals surface area (Å²) in [5.74, 6) is -1.12. The lowest BCUT2D eigenvalue weighted by atomic mass is 10.1. The summed E-state index contributed by atoms with van der Waals surface area (Å²) in [5, 5.41) is 11.2. The number of rotatable bonds is 6. The van der Waals surface area contributed by atoms with Crippen LogP contribution in [0.15, 0.2) is 23.1 Å². The Kier molecular flexibility index (Phi) is 5.10. The van der Waals surface area contributed by atoms with Crippen molar-refractivity contribution in [3.8, 4) is 0 Å². The van der Waals surface area contributed by atoms with Crippen LogP contribution >= 0.6 is 0 Å². The summed E-state index contributed by atoms with van der Waals surface area (Å²) in [7, 11) is 0. The molecule has 0 aliphatic heterocycles. The Morgan fingerprint density at radius 3 is 2.72 bits per heavy atom. The number of carboxylic acids is 1. The zero-order chi connectivity index (χ0) is 13.5. The quantitative estimate of drug-likeness (QED) is 0.695. The molecule has 6 heteroatoms. The van der Waals surface area contributed by atoms with Gasteiger partial charge in [-0.15, -0.1) is 0 Å². The standard InChI is InChI=1S/C12H16N2O4/c1-8(3-2-4-11(16)17)14-12(18)9-5-6-10(15)13-7-9/h5-8H,2-4H2,1H3,(H,13,15)(H,14,18)(H,16,17). The molecule has 18 heavy (non-hydrogen) atoms. The summed E-state index contributed by atoms with van der Waals surface area (Å²) in [5.41, 5.74) is 0.112. The van der Waals surface area contributed by atoms with Gasteiger partial charge in [0.25, 0.3) is 5.91 Å². The van der Waals surface area contributed by atoms with Gasteiger partial charge in [-0.3, -0.25) is 14.4 Å². The Bertz CT molecular complexity index is 461. The van der Waals surface area contributed by atoms with E-state index < -0.39 is 5.97 Å². The molecule has 0 aliphatic carbocycles. The highest BCUT2D eigenvalue weighted by molar-refractivity contribution is 5.93. The van der Waals surface area contributed by atoms with E-state index in [4.69, 9.17) is 5.11 Å². The number of aromatic amines is 1. The van der Waals surface area contributed by atoms with E-state index in [-0.39, 0.29) is 23.9 Å². The fourth-order valence-corrected chi connectivity index (χ4v) is 1.49. The van der Waals surface area contributed by atoms with Crippen molar-refractivity contribution in [3.63, 3.8) is 0 Å². The molecule has 0 aliphatic rings. The van der Waals surface area contributed by atoms with Gasteiger partial charge in [0.1, 0.15) is 0 Å². The number of amides is 1. The third-order valence-corrected chi connectivity index (χ3v) is 2.45. The maximum atomic E-state index is 11.7. The van der Waals surface area contributed by atoms with Gasteiger partial charge in [0.05, 0.1) is 5.56 Å². The molecule has 0 radical (unpaired) electrons. The summed E-state index contributed by atoms with van der Waals surface area (Å²) in [6.45, 7) is 1.81. The second-order valence-electron chi connectivity index (χ2n) is 4.10. The number of nitrogens with one attached hydrogen (secondary N) is 2. The zero-order valence-electron chi connectivity index (χ0n) is 10.1. The molecule has 1 amide bonds. The van der Waals surface area contributed by atoms with Gasteiger partial charge in [-0.25, -0.2) is 0 Å². The van der Waals surface area contributed by atoms with Crippen LogP contribution in [-0.2, 0) is 4.79 Å². The lowest BCUT2D eigenvalue weighted by Gasteiger charge is -2.12. The van der Waals surface area contributed by atoms with Crippen molar-refractivity contribution < 1.29 is 14.7 Å². The van der Waals surface area contributed by atoms with Crippen LogP contribution < -0.4 is 10.9 Å². The first-order chi connectivity index (χ1) is 8.49. The van der Waals surface area contributed by atoms with Crippen molar-refractivity contribution in [1.82, 2.24) is 10.3 Å². The van der Waals surface area contributed by atoms with E-state index in [1.165, 1.54) is 18.3 Å². The van der Waals surface area contributed by atoms with Crippen LogP contribution in [0.25, 0.3) is 0 Å². The van der Waals surface area contributed by atoms with Crippen molar-refractivity contribution in [3.05, 3.63) is 34.2 Å². The second-order valence-corrected chi connectivity index (χ2v) is 4.10. The minimum Gasteiger partial charge on any atom is -0.481 e. The van der Waals surface area contributed by atoms with E-state index in [0.717, 1.165) is 0 Å². The first kappa shape index (κ1) is 14.0. The monoisotopic (exact) mass is 252 g/mol. The molecule has 98 valence electrons. The predicted molar refractivity (Wildman–Crippen MR) is 65.5 cm³/mol. The van der Waals surface area contributed by atoms with Crippen molar-refractivity contribution in [2.75, 3.05) is 0 Å². The highest BCUT2D eigenvalue weighted by atomic mass is 16.4. The molecular formula is C12H16N2O4. The summed E-state index contributed by atoms with van der Waals surface area (Å²) in [6.07, 6.45) is 2.56. The maximum Gasteiger partial charge on any atom is 0.303 e. The number of carbonyl (C=O) groups excluding carboxylic acids is 1. The average Bonchev–Trinajstić information content (AvgIpc) is 2.29. The van der Waals surface area contributed by atoms with Gasteiger partial charge in [-0.2, -0.15) is 0 Å². The molecule has 0 bridgehead atoms. The molecule has 0 saturated carbocycles. The molecule has 1 aromatic rings. The van der Waals surface area contributed by atoms with E-state index in [2.05, 4.69) is 10.3 Å². The topological polar surface area (TPSA) is 99.3 Å². The van der Waals surface area contributed by atoms with E-state index in [1.807, 2.05) is 6.92 Å². The number of aromatic nitrogens is 1. The Balaban J connectivity index is 2.42. The number of H-pyrrole nitrogens is 1.